The SMILES string of the molecule is C[C@@H]1C[C@H](N)C[C@H](c2ccncc2CC(=O)c2csc(-c3c(F)ccc(Cl)c3F)n2)C1. The molecule has 0 radical (unpaired) electrons. The van der Waals surface area contributed by atoms with Crippen LogP contribution in [0.5, 0.6) is 0 Å². The van der Waals surface area contributed by atoms with Crippen molar-refractivity contribution >= 4 is 28.7 Å². The van der Waals surface area contributed by atoms with Gasteiger partial charge >= 0.3 is 0 Å². The van der Waals surface area contributed by atoms with Crippen LogP contribution >= 0.6 is 22.9 Å². The molecule has 8 heteroatoms. The number of carbonyl (C=O) groups is 1. The number of pyridine rings is 1. The molecule has 0 bridgehead atoms. The fourth-order valence-electron chi connectivity index (χ4n) is 4.40. The minimum Gasteiger partial charge on any atom is -0.328 e. The second kappa shape index (κ2) is 9.10. The van der Waals surface area contributed by atoms with Crippen LogP contribution in [0.25, 0.3) is 10.6 Å². The van der Waals surface area contributed by atoms with Crippen LogP contribution in [-0.4, -0.2) is 21.8 Å². The van der Waals surface area contributed by atoms with Crippen LogP contribution in [0.4, 0.5) is 8.78 Å². The Hall–Kier alpha value is -2.22. The molecule has 1 aromatic carbocycles. The van der Waals surface area contributed by atoms with Crippen LogP contribution in [-0.2, 0) is 6.42 Å². The first-order valence-corrected chi connectivity index (χ1v) is 11.4. The first-order valence-electron chi connectivity index (χ1n) is 10.1. The molecule has 3 aromatic rings. The van der Waals surface area contributed by atoms with Gasteiger partial charge in [-0.3, -0.25) is 9.78 Å². The Bertz CT molecular complexity index is 1110. The summed E-state index contributed by atoms with van der Waals surface area (Å²) in [6.45, 7) is 2.20. The van der Waals surface area contributed by atoms with E-state index in [0.717, 1.165) is 53.9 Å². The van der Waals surface area contributed by atoms with Crippen molar-refractivity contribution in [3.63, 3.8) is 0 Å². The molecule has 1 aliphatic rings. The molecule has 1 fully saturated rings. The largest absolute Gasteiger partial charge is 0.328 e. The number of hydrogen-bond acceptors (Lipinski definition) is 5. The molecule has 31 heavy (non-hydrogen) atoms. The predicted molar refractivity (Wildman–Crippen MR) is 118 cm³/mol. The summed E-state index contributed by atoms with van der Waals surface area (Å²) in [5.74, 6) is -1.08. The van der Waals surface area contributed by atoms with Gasteiger partial charge in [-0.25, -0.2) is 13.8 Å². The summed E-state index contributed by atoms with van der Waals surface area (Å²) < 4.78 is 28.5. The van der Waals surface area contributed by atoms with E-state index in [1.54, 1.807) is 12.4 Å². The van der Waals surface area contributed by atoms with Gasteiger partial charge in [0.2, 0.25) is 0 Å². The monoisotopic (exact) mass is 461 g/mol. The Morgan fingerprint density at radius 3 is 2.84 bits per heavy atom. The normalized spacial score (nSPS) is 21.3. The minimum atomic E-state index is -0.882. The number of aromatic nitrogens is 2. The first-order chi connectivity index (χ1) is 14.8. The third-order valence-corrected chi connectivity index (χ3v) is 6.91. The second-order valence-corrected chi connectivity index (χ2v) is 9.47. The molecule has 1 saturated carbocycles. The van der Waals surface area contributed by atoms with E-state index in [4.69, 9.17) is 17.3 Å². The van der Waals surface area contributed by atoms with Crippen LogP contribution in [0.2, 0.25) is 5.02 Å². The molecule has 1 aliphatic carbocycles. The van der Waals surface area contributed by atoms with Gasteiger partial charge in [0, 0.05) is 30.2 Å². The quantitative estimate of drug-likeness (QED) is 0.385. The molecule has 2 heterocycles. The summed E-state index contributed by atoms with van der Waals surface area (Å²) >= 11 is 6.79. The van der Waals surface area contributed by atoms with E-state index in [-0.39, 0.29) is 45.5 Å². The van der Waals surface area contributed by atoms with Gasteiger partial charge in [0.15, 0.2) is 11.6 Å². The lowest BCUT2D eigenvalue weighted by Crippen LogP contribution is -2.31. The lowest BCUT2D eigenvalue weighted by atomic mass is 9.75. The first kappa shape index (κ1) is 22.0. The van der Waals surface area contributed by atoms with E-state index in [1.165, 1.54) is 5.38 Å². The van der Waals surface area contributed by atoms with Crippen molar-refractivity contribution in [1.82, 2.24) is 9.97 Å². The molecule has 0 amide bonds. The molecule has 4 rings (SSSR count). The van der Waals surface area contributed by atoms with Crippen molar-refractivity contribution in [3.8, 4) is 10.6 Å². The molecule has 162 valence electrons. The zero-order valence-electron chi connectivity index (χ0n) is 16.9. The number of rotatable bonds is 5. The van der Waals surface area contributed by atoms with Crippen molar-refractivity contribution in [1.29, 1.82) is 0 Å². The van der Waals surface area contributed by atoms with Crippen LogP contribution in [0.3, 0.4) is 0 Å². The van der Waals surface area contributed by atoms with Crippen LogP contribution in [0.1, 0.15) is 53.7 Å². The number of Topliss-reactive ketones (excluding diaryl/α,β-unsaturated/α-hetero) is 1. The molecule has 0 saturated heterocycles. The van der Waals surface area contributed by atoms with E-state index >= 15 is 0 Å². The summed E-state index contributed by atoms with van der Waals surface area (Å²) in [7, 11) is 0. The van der Waals surface area contributed by atoms with Crippen molar-refractivity contribution in [2.45, 2.75) is 44.6 Å². The summed E-state index contributed by atoms with van der Waals surface area (Å²) in [5.41, 5.74) is 8.01. The summed E-state index contributed by atoms with van der Waals surface area (Å²) in [6.07, 6.45) is 6.47. The Kier molecular flexibility index (Phi) is 6.46. The van der Waals surface area contributed by atoms with Gasteiger partial charge in [-0.05, 0) is 60.4 Å². The lowest BCUT2D eigenvalue weighted by Gasteiger charge is -2.32. The molecule has 3 atom stereocenters. The van der Waals surface area contributed by atoms with Gasteiger partial charge in [-0.2, -0.15) is 0 Å². The van der Waals surface area contributed by atoms with Crippen molar-refractivity contribution in [3.05, 3.63) is 69.5 Å². The highest BCUT2D eigenvalue weighted by Crippen LogP contribution is 2.37. The number of thiazole rings is 1. The highest BCUT2D eigenvalue weighted by Gasteiger charge is 2.28. The maximum atomic E-state index is 14.3. The molecule has 0 spiro atoms. The Morgan fingerprint density at radius 2 is 2.06 bits per heavy atom. The fraction of sp³-hybridized carbons (Fsp3) is 0.348. The molecule has 2 aromatic heterocycles. The molecule has 4 nitrogen and oxygen atoms in total. The fourth-order valence-corrected chi connectivity index (χ4v) is 5.42. The van der Waals surface area contributed by atoms with Gasteiger partial charge in [0.1, 0.15) is 16.5 Å². The number of ketones is 1. The Balaban J connectivity index is 1.58. The molecule has 0 aliphatic heterocycles. The molecule has 0 unspecified atom stereocenters. The van der Waals surface area contributed by atoms with Gasteiger partial charge in [0.25, 0.3) is 0 Å². The third kappa shape index (κ3) is 4.68. The predicted octanol–water partition coefficient (Wildman–Crippen LogP) is 5.79. The van der Waals surface area contributed by atoms with Gasteiger partial charge in [-0.1, -0.05) is 18.5 Å². The highest BCUT2D eigenvalue weighted by molar-refractivity contribution is 7.13. The minimum absolute atomic E-state index is 0.0827. The summed E-state index contributed by atoms with van der Waals surface area (Å²) in [4.78, 5) is 21.3. The zero-order valence-corrected chi connectivity index (χ0v) is 18.5. The van der Waals surface area contributed by atoms with E-state index in [0.29, 0.717) is 5.92 Å². The lowest BCUT2D eigenvalue weighted by molar-refractivity contribution is 0.0988. The van der Waals surface area contributed by atoms with Crippen LogP contribution < -0.4 is 5.73 Å². The van der Waals surface area contributed by atoms with Crippen molar-refractivity contribution < 1.29 is 13.6 Å². The maximum absolute atomic E-state index is 14.3. The smallest absolute Gasteiger partial charge is 0.186 e. The number of hydrogen-bond donors (Lipinski definition) is 1. The molecular formula is C23H22ClF2N3OS. The topological polar surface area (TPSA) is 68.9 Å². The van der Waals surface area contributed by atoms with E-state index in [9.17, 15) is 13.6 Å². The average molecular weight is 462 g/mol. The van der Waals surface area contributed by atoms with Crippen molar-refractivity contribution in [2.75, 3.05) is 0 Å². The van der Waals surface area contributed by atoms with Crippen LogP contribution in [0.15, 0.2) is 36.0 Å². The zero-order chi connectivity index (χ0) is 22.1. The Morgan fingerprint density at radius 1 is 1.26 bits per heavy atom. The average Bonchev–Trinajstić information content (AvgIpc) is 3.21. The Labute approximate surface area is 188 Å². The number of nitrogens with two attached hydrogens (primary N) is 1. The number of carbonyl (C=O) groups excluding carboxylic acids is 1. The number of halogens is 3. The van der Waals surface area contributed by atoms with Gasteiger partial charge in [-0.15, -0.1) is 11.3 Å². The summed E-state index contributed by atoms with van der Waals surface area (Å²) in [6, 6.07) is 4.34. The van der Waals surface area contributed by atoms with E-state index < -0.39 is 11.6 Å². The van der Waals surface area contributed by atoms with E-state index in [2.05, 4.69) is 16.9 Å². The second-order valence-electron chi connectivity index (χ2n) is 8.20. The summed E-state index contributed by atoms with van der Waals surface area (Å²) in [5, 5.41) is 1.41. The number of nitrogens with zero attached hydrogens (tertiary/aromatic N) is 2. The maximum Gasteiger partial charge on any atom is 0.186 e. The molecule has 2 N–H and O–H groups in total. The van der Waals surface area contributed by atoms with E-state index in [1.807, 2.05) is 6.07 Å². The van der Waals surface area contributed by atoms with Gasteiger partial charge in [0.05, 0.1) is 10.6 Å². The van der Waals surface area contributed by atoms with Gasteiger partial charge < -0.3 is 5.73 Å². The highest BCUT2D eigenvalue weighted by atomic mass is 35.5. The van der Waals surface area contributed by atoms with Crippen LogP contribution in [0, 0.1) is 17.6 Å². The standard InChI is InChI=1S/C23H22ClF2N3OS/c1-12-6-13(8-15(27)7-12)16-4-5-28-10-14(16)9-20(30)19-11-31-23(29-19)21-18(25)3-2-17(24)22(21)26/h2-5,10-13,15H,6-9,27H2,1H3/t12-,13+,15-/m0/s1. The van der Waals surface area contributed by atoms with Crippen molar-refractivity contribution in [2.24, 2.45) is 11.7 Å². The number of benzene rings is 1. The third-order valence-electron chi connectivity index (χ3n) is 5.76. The molecular weight excluding hydrogens is 440 g/mol.